The molecule has 3 aromatic rings. The van der Waals surface area contributed by atoms with Crippen LogP contribution in [0.15, 0.2) is 64.4 Å². The van der Waals surface area contributed by atoms with E-state index in [1.165, 1.54) is 47.8 Å². The lowest BCUT2D eigenvalue weighted by molar-refractivity contribution is -0.139. The lowest BCUT2D eigenvalue weighted by atomic mass is 9.85. The summed E-state index contributed by atoms with van der Waals surface area (Å²) in [6, 6.07) is 15.0. The van der Waals surface area contributed by atoms with Crippen LogP contribution < -0.4 is 0 Å². The van der Waals surface area contributed by atoms with Gasteiger partial charge in [0.15, 0.2) is 9.84 Å². The Hall–Kier alpha value is -2.86. The molecule has 0 N–H and O–H groups in total. The van der Waals surface area contributed by atoms with Gasteiger partial charge >= 0.3 is 5.97 Å². The first-order valence-corrected chi connectivity index (χ1v) is 18.3. The number of fused-ring (bicyclic) bond motifs is 1. The van der Waals surface area contributed by atoms with E-state index in [2.05, 4.69) is 39.5 Å². The molecule has 0 spiro atoms. The summed E-state index contributed by atoms with van der Waals surface area (Å²) >= 11 is 0. The van der Waals surface area contributed by atoms with Crippen LogP contribution in [0, 0.1) is 5.82 Å². The maximum Gasteiger partial charge on any atom is 0.309 e. The van der Waals surface area contributed by atoms with Crippen molar-refractivity contribution in [3.8, 4) is 0 Å². The number of ether oxygens (including phenoxy) is 1. The summed E-state index contributed by atoms with van der Waals surface area (Å²) in [6.45, 7) is 12.8. The molecule has 1 aliphatic rings. The highest BCUT2D eigenvalue weighted by Crippen LogP contribution is 2.36. The van der Waals surface area contributed by atoms with Crippen LogP contribution >= 0.6 is 0 Å². The third kappa shape index (κ3) is 8.87. The van der Waals surface area contributed by atoms with Gasteiger partial charge in [0.25, 0.3) is 0 Å². The van der Waals surface area contributed by atoms with Crippen LogP contribution in [0.4, 0.5) is 4.39 Å². The Morgan fingerprint density at radius 3 is 2.09 bits per heavy atom. The molecule has 44 heavy (non-hydrogen) atoms. The minimum atomic E-state index is -3.88. The first-order valence-electron chi connectivity index (χ1n) is 14.9. The summed E-state index contributed by atoms with van der Waals surface area (Å²) in [5.41, 5.74) is 1.62. The molecule has 1 saturated heterocycles. The van der Waals surface area contributed by atoms with Crippen molar-refractivity contribution in [3.63, 3.8) is 0 Å². The predicted octanol–water partition coefficient (Wildman–Crippen LogP) is 5.79. The number of benzene rings is 3. The van der Waals surface area contributed by atoms with Gasteiger partial charge in [-0.25, -0.2) is 21.2 Å². The van der Waals surface area contributed by atoms with Crippen molar-refractivity contribution in [3.05, 3.63) is 71.5 Å². The summed E-state index contributed by atoms with van der Waals surface area (Å²) in [4.78, 5) is 14.2. The van der Waals surface area contributed by atoms with E-state index in [-0.39, 0.29) is 47.0 Å². The Labute approximate surface area is 262 Å². The van der Waals surface area contributed by atoms with Gasteiger partial charge in [0, 0.05) is 31.4 Å². The number of methoxy groups -OCH3 is 1. The number of carbonyl (C=O) groups excluding carboxylic acids is 1. The molecule has 8 nitrogen and oxygen atoms in total. The fourth-order valence-corrected chi connectivity index (χ4v) is 8.11. The molecule has 4 rings (SSSR count). The molecule has 0 bridgehead atoms. The number of hydrogen-bond acceptors (Lipinski definition) is 7. The van der Waals surface area contributed by atoms with E-state index < -0.39 is 19.9 Å². The largest absolute Gasteiger partial charge is 0.469 e. The smallest absolute Gasteiger partial charge is 0.309 e. The number of sulfone groups is 1. The van der Waals surface area contributed by atoms with Crippen LogP contribution in [0.25, 0.3) is 10.8 Å². The number of halogens is 1. The highest BCUT2D eigenvalue weighted by Gasteiger charge is 2.31. The zero-order valence-corrected chi connectivity index (χ0v) is 28.3. The van der Waals surface area contributed by atoms with Gasteiger partial charge in [0.2, 0.25) is 10.0 Å². The second-order valence-electron chi connectivity index (χ2n) is 11.7. The van der Waals surface area contributed by atoms with Crippen molar-refractivity contribution in [2.75, 3.05) is 33.0 Å². The minimum absolute atomic E-state index is 0.0364. The predicted molar refractivity (Wildman–Crippen MR) is 173 cm³/mol. The SMILES string of the molecule is CCN(C(C)C)C(C)C.COC(=O)Cc1cc(C2CCN(S(=O)(=O)c3cccc(S(C)(=O)=O)c3)CC2)c2cc(F)ccc2c1. The molecule has 0 saturated carbocycles. The maximum atomic E-state index is 14.1. The molecule has 0 amide bonds. The fraction of sp³-hybridized carbons (Fsp3) is 0.485. The van der Waals surface area contributed by atoms with E-state index >= 15 is 0 Å². The van der Waals surface area contributed by atoms with Crippen molar-refractivity contribution in [1.29, 1.82) is 0 Å². The quantitative estimate of drug-likeness (QED) is 0.271. The number of piperidine rings is 1. The van der Waals surface area contributed by atoms with Gasteiger partial charge in [-0.2, -0.15) is 4.31 Å². The third-order valence-corrected chi connectivity index (χ3v) is 11.0. The maximum absolute atomic E-state index is 14.1. The van der Waals surface area contributed by atoms with Gasteiger partial charge in [0.05, 0.1) is 23.3 Å². The molecule has 1 aliphatic heterocycles. The Balaban J connectivity index is 0.000000512. The van der Waals surface area contributed by atoms with E-state index in [1.54, 1.807) is 6.07 Å². The first kappa shape index (κ1) is 35.6. The van der Waals surface area contributed by atoms with Crippen molar-refractivity contribution < 1.29 is 30.8 Å². The van der Waals surface area contributed by atoms with Crippen LogP contribution in [0.5, 0.6) is 0 Å². The zero-order valence-electron chi connectivity index (χ0n) is 26.7. The molecular formula is C33H45FN2O6S2. The molecule has 0 atom stereocenters. The number of hydrogen-bond donors (Lipinski definition) is 0. The summed E-state index contributed by atoms with van der Waals surface area (Å²) in [5.74, 6) is -0.786. The van der Waals surface area contributed by atoms with Crippen LogP contribution in [-0.4, -0.2) is 77.1 Å². The number of rotatable bonds is 9. The second kappa shape index (κ2) is 14.9. The summed E-state index contributed by atoms with van der Waals surface area (Å²) < 4.78 is 70.4. The van der Waals surface area contributed by atoms with Crippen LogP contribution in [0.2, 0.25) is 0 Å². The van der Waals surface area contributed by atoms with Crippen LogP contribution in [0.3, 0.4) is 0 Å². The molecule has 0 aliphatic carbocycles. The fourth-order valence-electron chi connectivity index (χ4n) is 5.85. The van der Waals surface area contributed by atoms with Gasteiger partial charge in [-0.1, -0.05) is 31.2 Å². The first-order chi connectivity index (χ1) is 20.6. The van der Waals surface area contributed by atoms with E-state index in [1.807, 2.05) is 12.1 Å². The standard InChI is InChI=1S/C25H26FNO6S2.C8H19N/c1-33-25(28)14-17-12-19-6-7-20(26)15-24(19)23(13-17)18-8-10-27(11-9-18)35(31,32)22-5-3-4-21(16-22)34(2,29)30;1-6-9(7(2)3)8(4)5/h3-7,12-13,15-16,18H,8-11,14H2,1-2H3;7-8H,6H2,1-5H3. The van der Waals surface area contributed by atoms with Crippen LogP contribution in [0.1, 0.15) is 64.5 Å². The van der Waals surface area contributed by atoms with Crippen molar-refractivity contribution in [2.45, 2.75) is 81.7 Å². The number of carbonyl (C=O) groups is 1. The highest BCUT2D eigenvalue weighted by atomic mass is 32.2. The van der Waals surface area contributed by atoms with E-state index in [4.69, 9.17) is 4.74 Å². The zero-order chi connectivity index (χ0) is 32.8. The molecular weight excluding hydrogens is 604 g/mol. The molecule has 3 aromatic carbocycles. The molecule has 1 fully saturated rings. The van der Waals surface area contributed by atoms with Gasteiger partial charge in [0.1, 0.15) is 5.82 Å². The summed E-state index contributed by atoms with van der Waals surface area (Å²) in [5, 5.41) is 1.54. The summed E-state index contributed by atoms with van der Waals surface area (Å²) in [7, 11) is -6.11. The van der Waals surface area contributed by atoms with E-state index in [0.717, 1.165) is 34.7 Å². The van der Waals surface area contributed by atoms with Crippen molar-refractivity contribution >= 4 is 36.6 Å². The Bertz CT molecular complexity index is 1660. The second-order valence-corrected chi connectivity index (χ2v) is 15.7. The number of sulfonamides is 1. The van der Waals surface area contributed by atoms with Crippen molar-refractivity contribution in [2.24, 2.45) is 0 Å². The monoisotopic (exact) mass is 648 g/mol. The normalized spacial score (nSPS) is 15.1. The van der Waals surface area contributed by atoms with Gasteiger partial charge < -0.3 is 4.74 Å². The lowest BCUT2D eigenvalue weighted by Gasteiger charge is -2.32. The Morgan fingerprint density at radius 2 is 1.57 bits per heavy atom. The average Bonchev–Trinajstić information content (AvgIpc) is 2.97. The molecule has 1 heterocycles. The Morgan fingerprint density at radius 1 is 0.955 bits per heavy atom. The third-order valence-electron chi connectivity index (χ3n) is 8.04. The minimum Gasteiger partial charge on any atom is -0.469 e. The molecule has 0 unspecified atom stereocenters. The van der Waals surface area contributed by atoms with Gasteiger partial charge in [-0.3, -0.25) is 9.69 Å². The topological polar surface area (TPSA) is 101 Å². The van der Waals surface area contributed by atoms with Gasteiger partial charge in [-0.15, -0.1) is 0 Å². The van der Waals surface area contributed by atoms with E-state index in [0.29, 0.717) is 24.9 Å². The summed E-state index contributed by atoms with van der Waals surface area (Å²) in [6.07, 6.45) is 2.11. The van der Waals surface area contributed by atoms with Crippen molar-refractivity contribution in [1.82, 2.24) is 9.21 Å². The van der Waals surface area contributed by atoms with E-state index in [9.17, 15) is 26.0 Å². The molecule has 0 radical (unpaired) electrons. The Kier molecular flexibility index (Phi) is 12.1. The molecule has 11 heteroatoms. The average molecular weight is 649 g/mol. The highest BCUT2D eigenvalue weighted by molar-refractivity contribution is 7.91. The number of esters is 1. The van der Waals surface area contributed by atoms with Crippen LogP contribution in [-0.2, 0) is 35.8 Å². The molecule has 242 valence electrons. The lowest BCUT2D eigenvalue weighted by Crippen LogP contribution is -2.38. The van der Waals surface area contributed by atoms with Gasteiger partial charge in [-0.05, 0) is 105 Å². The molecule has 0 aromatic heterocycles. The number of nitrogens with zero attached hydrogens (tertiary/aromatic N) is 2.